The quantitative estimate of drug-likeness (QED) is 0.821. The smallest absolute Gasteiger partial charge is 0.244 e. The summed E-state index contributed by atoms with van der Waals surface area (Å²) in [6.45, 7) is 4.02. The largest absolute Gasteiger partial charge is 0.391 e. The van der Waals surface area contributed by atoms with E-state index in [0.717, 1.165) is 5.56 Å². The van der Waals surface area contributed by atoms with E-state index in [4.69, 9.17) is 23.2 Å². The van der Waals surface area contributed by atoms with Gasteiger partial charge in [0.1, 0.15) is 0 Å². The lowest BCUT2D eigenvalue weighted by molar-refractivity contribution is -0.117. The predicted molar refractivity (Wildman–Crippen MR) is 79.4 cm³/mol. The minimum absolute atomic E-state index is 0.111. The van der Waals surface area contributed by atoms with Crippen LogP contribution in [0.15, 0.2) is 24.3 Å². The van der Waals surface area contributed by atoms with Crippen LogP contribution in [0.4, 0.5) is 0 Å². The standard InChI is InChI=1S/C14H17Cl2NO2/c1-9(2)13(18)8-17-14(19)6-4-10-3-5-11(15)12(16)7-10/h3-7,9,13,18H,8H2,1-2H3,(H,17,19)/b6-4+. The van der Waals surface area contributed by atoms with Crippen molar-refractivity contribution in [3.05, 3.63) is 39.9 Å². The van der Waals surface area contributed by atoms with E-state index in [1.807, 2.05) is 13.8 Å². The van der Waals surface area contributed by atoms with Gasteiger partial charge in [0.25, 0.3) is 0 Å². The number of nitrogens with one attached hydrogen (secondary N) is 1. The molecule has 0 aliphatic heterocycles. The molecule has 0 aliphatic carbocycles. The monoisotopic (exact) mass is 301 g/mol. The Kier molecular flexibility index (Phi) is 6.35. The maximum absolute atomic E-state index is 11.5. The fraction of sp³-hybridized carbons (Fsp3) is 0.357. The topological polar surface area (TPSA) is 49.3 Å². The summed E-state index contributed by atoms with van der Waals surface area (Å²) < 4.78 is 0. The minimum Gasteiger partial charge on any atom is -0.391 e. The lowest BCUT2D eigenvalue weighted by atomic mass is 10.1. The summed E-state index contributed by atoms with van der Waals surface area (Å²) in [5.74, 6) is -0.148. The third-order valence-corrected chi connectivity index (χ3v) is 3.36. The molecule has 1 rings (SSSR count). The van der Waals surface area contributed by atoms with Crippen molar-refractivity contribution < 1.29 is 9.90 Å². The SMILES string of the molecule is CC(C)C(O)CNC(=O)/C=C/c1ccc(Cl)c(Cl)c1. The highest BCUT2D eigenvalue weighted by molar-refractivity contribution is 6.42. The maximum atomic E-state index is 11.5. The van der Waals surface area contributed by atoms with Crippen molar-refractivity contribution in [2.75, 3.05) is 6.54 Å². The number of halogens is 2. The van der Waals surface area contributed by atoms with Crippen molar-refractivity contribution in [2.24, 2.45) is 5.92 Å². The number of hydrogen-bond acceptors (Lipinski definition) is 2. The molecule has 1 amide bonds. The summed E-state index contributed by atoms with van der Waals surface area (Å²) in [5.41, 5.74) is 0.786. The molecule has 0 spiro atoms. The molecule has 0 saturated carbocycles. The Hall–Kier alpha value is -1.03. The van der Waals surface area contributed by atoms with Crippen molar-refractivity contribution in [3.8, 4) is 0 Å². The second kappa shape index (κ2) is 7.53. The number of aliphatic hydroxyl groups is 1. The zero-order chi connectivity index (χ0) is 14.4. The molecular weight excluding hydrogens is 285 g/mol. The Bertz CT molecular complexity index is 473. The Morgan fingerprint density at radius 2 is 2.05 bits per heavy atom. The molecule has 0 fully saturated rings. The van der Waals surface area contributed by atoms with Crippen LogP contribution in [0.25, 0.3) is 6.08 Å². The van der Waals surface area contributed by atoms with Crippen LogP contribution < -0.4 is 5.32 Å². The van der Waals surface area contributed by atoms with Crippen molar-refractivity contribution in [3.63, 3.8) is 0 Å². The van der Waals surface area contributed by atoms with Crippen LogP contribution in [-0.2, 0) is 4.79 Å². The van der Waals surface area contributed by atoms with Gasteiger partial charge >= 0.3 is 0 Å². The molecule has 104 valence electrons. The molecule has 1 atom stereocenters. The molecular formula is C14H17Cl2NO2. The summed E-state index contributed by atoms with van der Waals surface area (Å²) >= 11 is 11.7. The fourth-order valence-corrected chi connectivity index (χ4v) is 1.59. The molecule has 5 heteroatoms. The van der Waals surface area contributed by atoms with E-state index in [1.165, 1.54) is 6.08 Å². The third-order valence-electron chi connectivity index (χ3n) is 2.63. The van der Waals surface area contributed by atoms with Crippen molar-refractivity contribution >= 4 is 35.2 Å². The lowest BCUT2D eigenvalue weighted by Gasteiger charge is -2.13. The van der Waals surface area contributed by atoms with Gasteiger partial charge in [0, 0.05) is 12.6 Å². The number of benzene rings is 1. The molecule has 19 heavy (non-hydrogen) atoms. The van der Waals surface area contributed by atoms with Crippen LogP contribution in [-0.4, -0.2) is 23.7 Å². The van der Waals surface area contributed by atoms with Gasteiger partial charge in [-0.05, 0) is 29.7 Å². The lowest BCUT2D eigenvalue weighted by Crippen LogP contribution is -2.33. The number of rotatable bonds is 5. The van der Waals surface area contributed by atoms with Crippen molar-refractivity contribution in [2.45, 2.75) is 20.0 Å². The summed E-state index contributed by atoms with van der Waals surface area (Å²) in [6, 6.07) is 5.11. The van der Waals surface area contributed by atoms with Gasteiger partial charge in [-0.3, -0.25) is 4.79 Å². The molecule has 0 bridgehead atoms. The van der Waals surface area contributed by atoms with Crippen LogP contribution in [0.5, 0.6) is 0 Å². The number of aliphatic hydroxyl groups excluding tert-OH is 1. The van der Waals surface area contributed by atoms with Gasteiger partial charge in [0.15, 0.2) is 0 Å². The summed E-state index contributed by atoms with van der Waals surface area (Å²) in [7, 11) is 0. The van der Waals surface area contributed by atoms with E-state index < -0.39 is 6.10 Å². The highest BCUT2D eigenvalue weighted by atomic mass is 35.5. The van der Waals surface area contributed by atoms with Gasteiger partial charge in [0.2, 0.25) is 5.91 Å². The molecule has 3 nitrogen and oxygen atoms in total. The first kappa shape index (κ1) is 16.0. The fourth-order valence-electron chi connectivity index (χ4n) is 1.29. The van der Waals surface area contributed by atoms with E-state index in [9.17, 15) is 9.90 Å². The van der Waals surface area contributed by atoms with Gasteiger partial charge in [-0.1, -0.05) is 43.1 Å². The number of carbonyl (C=O) groups excluding carboxylic acids is 1. The van der Waals surface area contributed by atoms with Crippen LogP contribution >= 0.6 is 23.2 Å². The van der Waals surface area contributed by atoms with Crippen molar-refractivity contribution in [1.82, 2.24) is 5.32 Å². The van der Waals surface area contributed by atoms with Gasteiger partial charge < -0.3 is 10.4 Å². The Labute approximate surface area is 123 Å². The first-order valence-corrected chi connectivity index (χ1v) is 6.74. The molecule has 2 N–H and O–H groups in total. The van der Waals surface area contributed by atoms with Gasteiger partial charge in [0.05, 0.1) is 16.1 Å². The van der Waals surface area contributed by atoms with Crippen LogP contribution in [0.1, 0.15) is 19.4 Å². The van der Waals surface area contributed by atoms with Crippen LogP contribution in [0, 0.1) is 5.92 Å². The zero-order valence-corrected chi connectivity index (χ0v) is 12.4. The number of carbonyl (C=O) groups is 1. The highest BCUT2D eigenvalue weighted by Gasteiger charge is 2.09. The highest BCUT2D eigenvalue weighted by Crippen LogP contribution is 2.22. The van der Waals surface area contributed by atoms with Gasteiger partial charge in [-0.2, -0.15) is 0 Å². The molecule has 0 heterocycles. The van der Waals surface area contributed by atoms with Gasteiger partial charge in [-0.15, -0.1) is 0 Å². The molecule has 0 aliphatic rings. The van der Waals surface area contributed by atoms with Crippen molar-refractivity contribution in [1.29, 1.82) is 0 Å². The number of amides is 1. The molecule has 0 saturated heterocycles. The van der Waals surface area contributed by atoms with Crippen LogP contribution in [0.2, 0.25) is 10.0 Å². The predicted octanol–water partition coefficient (Wildman–Crippen LogP) is 3.14. The molecule has 1 aromatic rings. The zero-order valence-electron chi connectivity index (χ0n) is 10.9. The molecule has 0 radical (unpaired) electrons. The van der Waals surface area contributed by atoms with E-state index in [2.05, 4.69) is 5.32 Å². The van der Waals surface area contributed by atoms with Gasteiger partial charge in [-0.25, -0.2) is 0 Å². The number of hydrogen-bond donors (Lipinski definition) is 2. The third kappa shape index (κ3) is 5.64. The first-order valence-electron chi connectivity index (χ1n) is 5.99. The Morgan fingerprint density at radius 1 is 1.37 bits per heavy atom. The molecule has 1 aromatic carbocycles. The summed E-state index contributed by atoms with van der Waals surface area (Å²) in [5, 5.41) is 13.1. The van der Waals surface area contributed by atoms with E-state index in [-0.39, 0.29) is 18.4 Å². The normalized spacial score (nSPS) is 12.9. The van der Waals surface area contributed by atoms with Crippen LogP contribution in [0.3, 0.4) is 0 Å². The average Bonchev–Trinajstić information content (AvgIpc) is 2.37. The molecule has 0 aromatic heterocycles. The molecule has 1 unspecified atom stereocenters. The Morgan fingerprint density at radius 3 is 2.63 bits per heavy atom. The summed E-state index contributed by atoms with van der Waals surface area (Å²) in [6.07, 6.45) is 2.49. The minimum atomic E-state index is -0.540. The van der Waals surface area contributed by atoms with E-state index in [0.29, 0.717) is 10.0 Å². The van der Waals surface area contributed by atoms with E-state index >= 15 is 0 Å². The average molecular weight is 302 g/mol. The van der Waals surface area contributed by atoms with E-state index in [1.54, 1.807) is 24.3 Å². The Balaban J connectivity index is 2.52. The summed E-state index contributed by atoms with van der Waals surface area (Å²) in [4.78, 5) is 11.5. The second-order valence-electron chi connectivity index (χ2n) is 4.56. The second-order valence-corrected chi connectivity index (χ2v) is 5.38. The maximum Gasteiger partial charge on any atom is 0.244 e. The first-order chi connectivity index (χ1) is 8.90.